The van der Waals surface area contributed by atoms with Gasteiger partial charge in [0.2, 0.25) is 0 Å². The predicted molar refractivity (Wildman–Crippen MR) is 102 cm³/mol. The number of benzene rings is 1. The second kappa shape index (κ2) is 9.21. The van der Waals surface area contributed by atoms with E-state index >= 15 is 0 Å². The molecule has 1 aliphatic heterocycles. The van der Waals surface area contributed by atoms with Crippen LogP contribution in [0.2, 0.25) is 0 Å². The molecule has 3 rings (SSSR count). The van der Waals surface area contributed by atoms with E-state index in [9.17, 15) is 0 Å². The minimum atomic E-state index is 0. The van der Waals surface area contributed by atoms with Crippen LogP contribution in [0.3, 0.4) is 0 Å². The number of aromatic amines is 1. The van der Waals surface area contributed by atoms with Gasteiger partial charge in [-0.3, -0.25) is 5.10 Å². The molecule has 0 radical (unpaired) electrons. The average Bonchev–Trinajstić information content (AvgIpc) is 3.03. The molecule has 0 aliphatic carbocycles. The molecule has 1 aromatic heterocycles. The molecule has 0 unspecified atom stereocenters. The summed E-state index contributed by atoms with van der Waals surface area (Å²) in [6.07, 6.45) is 4.43. The molecule has 1 saturated heterocycles. The number of hydrogen-bond donors (Lipinski definition) is 2. The number of H-pyrrole nitrogens is 1. The molecule has 24 heavy (non-hydrogen) atoms. The minimum absolute atomic E-state index is 0. The Morgan fingerprint density at radius 2 is 1.92 bits per heavy atom. The van der Waals surface area contributed by atoms with E-state index in [1.807, 2.05) is 12.3 Å². The SMILES string of the molecule is CC(C)CN1CCC(NCc2cn[nH]c2-c2ccccc2)CC1.Cl. The lowest BCUT2D eigenvalue weighted by atomic mass is 10.0. The van der Waals surface area contributed by atoms with Crippen molar-refractivity contribution in [3.05, 3.63) is 42.1 Å². The summed E-state index contributed by atoms with van der Waals surface area (Å²) in [5, 5.41) is 11.1. The summed E-state index contributed by atoms with van der Waals surface area (Å²) in [6.45, 7) is 9.14. The van der Waals surface area contributed by atoms with E-state index in [1.54, 1.807) is 0 Å². The van der Waals surface area contributed by atoms with Crippen molar-refractivity contribution in [1.29, 1.82) is 0 Å². The summed E-state index contributed by atoms with van der Waals surface area (Å²) in [5.74, 6) is 0.763. The van der Waals surface area contributed by atoms with Crippen LogP contribution in [0.5, 0.6) is 0 Å². The maximum absolute atomic E-state index is 4.23. The third-order valence-electron chi connectivity index (χ3n) is 4.57. The molecular weight excluding hydrogens is 320 g/mol. The van der Waals surface area contributed by atoms with Crippen molar-refractivity contribution in [2.75, 3.05) is 19.6 Å². The number of piperidine rings is 1. The van der Waals surface area contributed by atoms with E-state index in [-0.39, 0.29) is 12.4 Å². The molecule has 2 N–H and O–H groups in total. The van der Waals surface area contributed by atoms with Gasteiger partial charge in [-0.25, -0.2) is 0 Å². The predicted octanol–water partition coefficient (Wildman–Crippen LogP) is 3.71. The molecule has 0 bridgehead atoms. The molecule has 1 aliphatic rings. The third-order valence-corrected chi connectivity index (χ3v) is 4.57. The van der Waals surface area contributed by atoms with Gasteiger partial charge < -0.3 is 10.2 Å². The first-order chi connectivity index (χ1) is 11.2. The van der Waals surface area contributed by atoms with E-state index in [4.69, 9.17) is 0 Å². The molecule has 0 amide bonds. The van der Waals surface area contributed by atoms with Gasteiger partial charge in [-0.1, -0.05) is 44.2 Å². The number of nitrogens with one attached hydrogen (secondary N) is 2. The number of rotatable bonds is 6. The third kappa shape index (κ3) is 5.07. The summed E-state index contributed by atoms with van der Waals surface area (Å²) in [4.78, 5) is 2.59. The van der Waals surface area contributed by atoms with Crippen LogP contribution in [0.15, 0.2) is 36.5 Å². The fraction of sp³-hybridized carbons (Fsp3) is 0.526. The highest BCUT2D eigenvalue weighted by Gasteiger charge is 2.19. The molecule has 1 fully saturated rings. The number of aromatic nitrogens is 2. The first-order valence-corrected chi connectivity index (χ1v) is 8.76. The van der Waals surface area contributed by atoms with Crippen LogP contribution in [-0.4, -0.2) is 40.8 Å². The van der Waals surface area contributed by atoms with Crippen molar-refractivity contribution in [2.24, 2.45) is 5.92 Å². The summed E-state index contributed by atoms with van der Waals surface area (Å²) in [5.41, 5.74) is 3.59. The first-order valence-electron chi connectivity index (χ1n) is 8.76. The Bertz CT molecular complexity index is 588. The zero-order valence-corrected chi connectivity index (χ0v) is 15.5. The zero-order valence-electron chi connectivity index (χ0n) is 14.7. The molecule has 2 aromatic rings. The number of halogens is 1. The van der Waals surface area contributed by atoms with Gasteiger partial charge in [-0.05, 0) is 37.4 Å². The average molecular weight is 349 g/mol. The Balaban J connectivity index is 0.00000208. The van der Waals surface area contributed by atoms with Crippen molar-refractivity contribution >= 4 is 12.4 Å². The zero-order chi connectivity index (χ0) is 16.1. The summed E-state index contributed by atoms with van der Waals surface area (Å²) in [6, 6.07) is 11.1. The molecule has 0 saturated carbocycles. The van der Waals surface area contributed by atoms with Crippen LogP contribution in [-0.2, 0) is 6.54 Å². The van der Waals surface area contributed by atoms with Crippen LogP contribution in [0, 0.1) is 5.92 Å². The van der Waals surface area contributed by atoms with Gasteiger partial charge in [-0.15, -0.1) is 12.4 Å². The lowest BCUT2D eigenvalue weighted by Gasteiger charge is -2.33. The minimum Gasteiger partial charge on any atom is -0.310 e. The van der Waals surface area contributed by atoms with Gasteiger partial charge >= 0.3 is 0 Å². The van der Waals surface area contributed by atoms with Gasteiger partial charge in [-0.2, -0.15) is 5.10 Å². The first kappa shape index (κ1) is 19.0. The van der Waals surface area contributed by atoms with E-state index in [0.717, 1.165) is 18.2 Å². The fourth-order valence-electron chi connectivity index (χ4n) is 3.39. The molecule has 0 spiro atoms. The van der Waals surface area contributed by atoms with Crippen molar-refractivity contribution in [1.82, 2.24) is 20.4 Å². The van der Waals surface area contributed by atoms with Crippen LogP contribution >= 0.6 is 12.4 Å². The molecule has 4 nitrogen and oxygen atoms in total. The highest BCUT2D eigenvalue weighted by Crippen LogP contribution is 2.21. The van der Waals surface area contributed by atoms with E-state index in [1.165, 1.54) is 43.6 Å². The normalized spacial score (nSPS) is 16.3. The summed E-state index contributed by atoms with van der Waals surface area (Å²) in [7, 11) is 0. The standard InChI is InChI=1S/C19H28N4.ClH/c1-15(2)14-23-10-8-18(9-11-23)20-12-17-13-21-22-19(17)16-6-4-3-5-7-16;/h3-7,13,15,18,20H,8-12,14H2,1-2H3,(H,21,22);1H. The molecule has 2 heterocycles. The number of nitrogens with zero attached hydrogens (tertiary/aromatic N) is 2. The van der Waals surface area contributed by atoms with Crippen LogP contribution in [0.4, 0.5) is 0 Å². The largest absolute Gasteiger partial charge is 0.310 e. The van der Waals surface area contributed by atoms with Crippen LogP contribution in [0.25, 0.3) is 11.3 Å². The van der Waals surface area contributed by atoms with Crippen molar-refractivity contribution < 1.29 is 0 Å². The Hall–Kier alpha value is -1.36. The highest BCUT2D eigenvalue weighted by atomic mass is 35.5. The summed E-state index contributed by atoms with van der Waals surface area (Å²) >= 11 is 0. The molecule has 5 heteroatoms. The smallest absolute Gasteiger partial charge is 0.0695 e. The number of hydrogen-bond acceptors (Lipinski definition) is 3. The molecular formula is C19H29ClN4. The fourth-order valence-corrected chi connectivity index (χ4v) is 3.39. The molecule has 1 aromatic carbocycles. The quantitative estimate of drug-likeness (QED) is 0.836. The highest BCUT2D eigenvalue weighted by molar-refractivity contribution is 5.85. The maximum atomic E-state index is 4.23. The Morgan fingerprint density at radius 3 is 2.58 bits per heavy atom. The molecule has 132 valence electrons. The van der Waals surface area contributed by atoms with E-state index in [2.05, 4.69) is 58.5 Å². The van der Waals surface area contributed by atoms with Gasteiger partial charge in [0.05, 0.1) is 11.9 Å². The lowest BCUT2D eigenvalue weighted by Crippen LogP contribution is -2.43. The second-order valence-electron chi connectivity index (χ2n) is 6.99. The topological polar surface area (TPSA) is 44.0 Å². The van der Waals surface area contributed by atoms with E-state index < -0.39 is 0 Å². The van der Waals surface area contributed by atoms with Crippen molar-refractivity contribution in [2.45, 2.75) is 39.3 Å². The lowest BCUT2D eigenvalue weighted by molar-refractivity contribution is 0.179. The van der Waals surface area contributed by atoms with E-state index in [0.29, 0.717) is 6.04 Å². The van der Waals surface area contributed by atoms with Crippen molar-refractivity contribution in [3.63, 3.8) is 0 Å². The van der Waals surface area contributed by atoms with Gasteiger partial charge in [0.1, 0.15) is 0 Å². The summed E-state index contributed by atoms with van der Waals surface area (Å²) < 4.78 is 0. The van der Waals surface area contributed by atoms with Gasteiger partial charge in [0.15, 0.2) is 0 Å². The monoisotopic (exact) mass is 348 g/mol. The van der Waals surface area contributed by atoms with Gasteiger partial charge in [0, 0.05) is 24.7 Å². The van der Waals surface area contributed by atoms with Crippen LogP contribution < -0.4 is 5.32 Å². The second-order valence-corrected chi connectivity index (χ2v) is 6.99. The Labute approximate surface area is 151 Å². The van der Waals surface area contributed by atoms with Crippen molar-refractivity contribution in [3.8, 4) is 11.3 Å². The Kier molecular flexibility index (Phi) is 7.28. The Morgan fingerprint density at radius 1 is 1.21 bits per heavy atom. The van der Waals surface area contributed by atoms with Gasteiger partial charge in [0.25, 0.3) is 0 Å². The maximum Gasteiger partial charge on any atom is 0.0695 e. The number of likely N-dealkylation sites (tertiary alicyclic amines) is 1. The molecule has 0 atom stereocenters. The van der Waals surface area contributed by atoms with Crippen LogP contribution in [0.1, 0.15) is 32.3 Å².